The second-order valence-corrected chi connectivity index (χ2v) is 9.43. The molecule has 1 aromatic rings. The molecule has 1 saturated heterocycles. The maximum Gasteiger partial charge on any atom is 0.243 e. The maximum atomic E-state index is 12.6. The molecule has 2 amide bonds. The van der Waals surface area contributed by atoms with Crippen LogP contribution in [0.1, 0.15) is 37.7 Å². The van der Waals surface area contributed by atoms with Crippen molar-refractivity contribution in [2.45, 2.75) is 43.5 Å². The number of nitrogens with zero attached hydrogens (tertiary/aromatic N) is 1. The number of benzene rings is 1. The number of rotatable bonds is 7. The average molecular weight is 424 g/mol. The van der Waals surface area contributed by atoms with Crippen molar-refractivity contribution in [2.24, 2.45) is 5.92 Å². The van der Waals surface area contributed by atoms with Gasteiger partial charge in [-0.2, -0.15) is 4.31 Å². The molecular formula is C20H29N3O5S. The Kier molecular flexibility index (Phi) is 7.63. The van der Waals surface area contributed by atoms with Gasteiger partial charge in [-0.1, -0.05) is 31.4 Å². The summed E-state index contributed by atoms with van der Waals surface area (Å²) in [4.78, 5) is 24.3. The van der Waals surface area contributed by atoms with Gasteiger partial charge in [0.15, 0.2) is 0 Å². The molecule has 0 radical (unpaired) electrons. The number of sulfonamides is 1. The number of hydrogen-bond donors (Lipinski definition) is 2. The summed E-state index contributed by atoms with van der Waals surface area (Å²) in [6.07, 6.45) is 5.11. The molecule has 0 aromatic heterocycles. The lowest BCUT2D eigenvalue weighted by Crippen LogP contribution is -2.40. The van der Waals surface area contributed by atoms with E-state index in [1.165, 1.54) is 10.7 Å². The van der Waals surface area contributed by atoms with Crippen LogP contribution in [0.5, 0.6) is 0 Å². The number of hydrogen-bond acceptors (Lipinski definition) is 5. The van der Waals surface area contributed by atoms with Crippen molar-refractivity contribution in [3.8, 4) is 0 Å². The molecule has 0 unspecified atom stereocenters. The zero-order valence-corrected chi connectivity index (χ0v) is 17.4. The van der Waals surface area contributed by atoms with Gasteiger partial charge in [-0.25, -0.2) is 8.42 Å². The fourth-order valence-electron chi connectivity index (χ4n) is 3.65. The number of amides is 2. The highest BCUT2D eigenvalue weighted by Gasteiger charge is 2.26. The Morgan fingerprint density at radius 2 is 1.66 bits per heavy atom. The third kappa shape index (κ3) is 6.01. The van der Waals surface area contributed by atoms with E-state index >= 15 is 0 Å². The molecule has 1 aromatic carbocycles. The quantitative estimate of drug-likeness (QED) is 0.681. The zero-order valence-electron chi connectivity index (χ0n) is 16.6. The first kappa shape index (κ1) is 21.7. The molecule has 160 valence electrons. The van der Waals surface area contributed by atoms with Gasteiger partial charge in [0.1, 0.15) is 0 Å². The van der Waals surface area contributed by atoms with Crippen LogP contribution < -0.4 is 10.6 Å². The summed E-state index contributed by atoms with van der Waals surface area (Å²) in [7, 11) is -3.52. The Labute approximate surface area is 172 Å². The van der Waals surface area contributed by atoms with Crippen molar-refractivity contribution in [3.05, 3.63) is 29.8 Å². The number of carbonyl (C=O) groups excluding carboxylic acids is 2. The minimum Gasteiger partial charge on any atom is -0.379 e. The predicted octanol–water partition coefficient (Wildman–Crippen LogP) is 1.02. The minimum atomic E-state index is -3.52. The molecule has 29 heavy (non-hydrogen) atoms. The lowest BCUT2D eigenvalue weighted by molar-refractivity contribution is -0.129. The van der Waals surface area contributed by atoms with E-state index in [4.69, 9.17) is 4.74 Å². The monoisotopic (exact) mass is 423 g/mol. The van der Waals surface area contributed by atoms with Crippen LogP contribution in [0.2, 0.25) is 0 Å². The van der Waals surface area contributed by atoms with Gasteiger partial charge in [0.05, 0.1) is 24.7 Å². The van der Waals surface area contributed by atoms with E-state index in [0.717, 1.165) is 31.2 Å². The Morgan fingerprint density at radius 1 is 1.00 bits per heavy atom. The molecule has 2 aliphatic rings. The molecule has 8 nitrogen and oxygen atoms in total. The van der Waals surface area contributed by atoms with E-state index in [9.17, 15) is 18.0 Å². The van der Waals surface area contributed by atoms with Crippen LogP contribution in [0.25, 0.3) is 0 Å². The van der Waals surface area contributed by atoms with Gasteiger partial charge < -0.3 is 15.4 Å². The molecule has 0 atom stereocenters. The zero-order chi connectivity index (χ0) is 20.7. The molecule has 1 aliphatic carbocycles. The Bertz CT molecular complexity index is 798. The van der Waals surface area contributed by atoms with Crippen molar-refractivity contribution in [1.29, 1.82) is 0 Å². The summed E-state index contributed by atoms with van der Waals surface area (Å²) in [5, 5.41) is 5.46. The van der Waals surface area contributed by atoms with Gasteiger partial charge >= 0.3 is 0 Å². The van der Waals surface area contributed by atoms with Crippen LogP contribution in [0, 0.1) is 5.92 Å². The fourth-order valence-corrected chi connectivity index (χ4v) is 5.06. The van der Waals surface area contributed by atoms with E-state index in [-0.39, 0.29) is 35.7 Å². The van der Waals surface area contributed by atoms with Gasteiger partial charge in [0.25, 0.3) is 0 Å². The SMILES string of the molecule is O=C(CNC(=O)C1CCCCC1)NCc1ccc(S(=O)(=O)N2CCOCC2)cc1. The number of morpholine rings is 1. The second-order valence-electron chi connectivity index (χ2n) is 7.49. The summed E-state index contributed by atoms with van der Waals surface area (Å²) < 4.78 is 31.8. The number of ether oxygens (including phenoxy) is 1. The van der Waals surface area contributed by atoms with Crippen molar-refractivity contribution < 1.29 is 22.7 Å². The largest absolute Gasteiger partial charge is 0.379 e. The van der Waals surface area contributed by atoms with E-state index < -0.39 is 10.0 Å². The molecule has 3 rings (SSSR count). The summed E-state index contributed by atoms with van der Waals surface area (Å²) in [6, 6.07) is 6.48. The van der Waals surface area contributed by atoms with Gasteiger partial charge in [0, 0.05) is 25.6 Å². The van der Waals surface area contributed by atoms with E-state index in [0.29, 0.717) is 26.3 Å². The smallest absolute Gasteiger partial charge is 0.243 e. The topological polar surface area (TPSA) is 105 Å². The van der Waals surface area contributed by atoms with E-state index in [2.05, 4.69) is 10.6 Å². The molecule has 9 heteroatoms. The number of carbonyl (C=O) groups is 2. The molecule has 2 fully saturated rings. The van der Waals surface area contributed by atoms with Crippen LogP contribution in [-0.4, -0.2) is 57.4 Å². The second kappa shape index (κ2) is 10.2. The highest BCUT2D eigenvalue weighted by molar-refractivity contribution is 7.89. The Balaban J connectivity index is 1.44. The van der Waals surface area contributed by atoms with E-state index in [1.54, 1.807) is 24.3 Å². The summed E-state index contributed by atoms with van der Waals surface area (Å²) in [5.74, 6) is -0.283. The first-order valence-corrected chi connectivity index (χ1v) is 11.6. The average Bonchev–Trinajstić information content (AvgIpc) is 2.77. The Hall–Kier alpha value is -1.97. The normalized spacial score (nSPS) is 18.9. The van der Waals surface area contributed by atoms with Crippen molar-refractivity contribution in [2.75, 3.05) is 32.8 Å². The molecular weight excluding hydrogens is 394 g/mol. The van der Waals surface area contributed by atoms with Gasteiger partial charge in [-0.15, -0.1) is 0 Å². The first-order valence-electron chi connectivity index (χ1n) is 10.2. The third-order valence-corrected chi connectivity index (χ3v) is 7.33. The summed E-state index contributed by atoms with van der Waals surface area (Å²) >= 11 is 0. The molecule has 0 bridgehead atoms. The molecule has 0 spiro atoms. The standard InChI is InChI=1S/C20H29N3O5S/c24-19(15-22-20(25)17-4-2-1-3-5-17)21-14-16-6-8-18(9-7-16)29(26,27)23-10-12-28-13-11-23/h6-9,17H,1-5,10-15H2,(H,21,24)(H,22,25). The van der Waals surface area contributed by atoms with Crippen molar-refractivity contribution in [3.63, 3.8) is 0 Å². The maximum absolute atomic E-state index is 12.6. The molecule has 1 heterocycles. The van der Waals surface area contributed by atoms with E-state index in [1.807, 2.05) is 0 Å². The number of nitrogens with one attached hydrogen (secondary N) is 2. The van der Waals surface area contributed by atoms with Crippen LogP contribution in [0.3, 0.4) is 0 Å². The first-order chi connectivity index (χ1) is 14.0. The summed E-state index contributed by atoms with van der Waals surface area (Å²) in [6.45, 7) is 1.75. The summed E-state index contributed by atoms with van der Waals surface area (Å²) in [5.41, 5.74) is 0.790. The van der Waals surface area contributed by atoms with Crippen LogP contribution >= 0.6 is 0 Å². The van der Waals surface area contributed by atoms with Gasteiger partial charge in [0.2, 0.25) is 21.8 Å². The molecule has 1 aliphatic heterocycles. The molecule has 2 N–H and O–H groups in total. The minimum absolute atomic E-state index is 0.0255. The fraction of sp³-hybridized carbons (Fsp3) is 0.600. The Morgan fingerprint density at radius 3 is 2.31 bits per heavy atom. The van der Waals surface area contributed by atoms with Gasteiger partial charge in [-0.05, 0) is 30.5 Å². The highest BCUT2D eigenvalue weighted by atomic mass is 32.2. The van der Waals surface area contributed by atoms with Crippen LogP contribution in [0.15, 0.2) is 29.2 Å². The van der Waals surface area contributed by atoms with Gasteiger partial charge in [-0.3, -0.25) is 9.59 Å². The third-order valence-electron chi connectivity index (χ3n) is 5.42. The van der Waals surface area contributed by atoms with Crippen molar-refractivity contribution >= 4 is 21.8 Å². The van der Waals surface area contributed by atoms with Crippen LogP contribution in [0.4, 0.5) is 0 Å². The highest BCUT2D eigenvalue weighted by Crippen LogP contribution is 2.23. The lowest BCUT2D eigenvalue weighted by atomic mass is 9.89. The predicted molar refractivity (Wildman–Crippen MR) is 107 cm³/mol. The van der Waals surface area contributed by atoms with Crippen LogP contribution in [-0.2, 0) is 30.9 Å². The van der Waals surface area contributed by atoms with Crippen molar-refractivity contribution in [1.82, 2.24) is 14.9 Å². The lowest BCUT2D eigenvalue weighted by Gasteiger charge is -2.26. The molecule has 1 saturated carbocycles.